The smallest absolute Gasteiger partial charge is 0.411 e. The number of carbonyl (C=O) groups is 2. The molecule has 110 valence electrons. The molecule has 0 spiro atoms. The number of hydrogen-bond donors (Lipinski definition) is 2. The van der Waals surface area contributed by atoms with Gasteiger partial charge in [0, 0.05) is 0 Å². The molecule has 1 amide bonds. The molecule has 0 aromatic heterocycles. The quantitative estimate of drug-likeness (QED) is 0.476. The monoisotopic (exact) mass is 281 g/mol. The van der Waals surface area contributed by atoms with Crippen LogP contribution in [0, 0.1) is 0 Å². The second-order valence-electron chi connectivity index (χ2n) is 4.07. The summed E-state index contributed by atoms with van der Waals surface area (Å²) in [5, 5.41) is 12.2. The molecule has 0 radical (unpaired) electrons. The van der Waals surface area contributed by atoms with Crippen LogP contribution in [-0.4, -0.2) is 30.4 Å². The summed E-state index contributed by atoms with van der Waals surface area (Å²) in [5.41, 5.74) is 0.397. The minimum atomic E-state index is -0.641. The average Bonchev–Trinajstić information content (AvgIpc) is 2.41. The van der Waals surface area contributed by atoms with Gasteiger partial charge in [-0.3, -0.25) is 5.32 Å². The number of nitrogens with one attached hydrogen (secondary N) is 1. The van der Waals surface area contributed by atoms with Crippen molar-refractivity contribution in [3.63, 3.8) is 0 Å². The van der Waals surface area contributed by atoms with Gasteiger partial charge in [0.15, 0.2) is 0 Å². The van der Waals surface area contributed by atoms with Crippen LogP contribution >= 0.6 is 0 Å². The lowest BCUT2D eigenvalue weighted by molar-refractivity contribution is 0.0526. The fraction of sp³-hybridized carbons (Fsp3) is 0.429. The van der Waals surface area contributed by atoms with E-state index in [9.17, 15) is 14.7 Å². The van der Waals surface area contributed by atoms with E-state index in [0.717, 1.165) is 12.8 Å². The van der Waals surface area contributed by atoms with Crippen molar-refractivity contribution in [3.8, 4) is 5.75 Å². The van der Waals surface area contributed by atoms with E-state index in [1.165, 1.54) is 18.2 Å². The van der Waals surface area contributed by atoms with Crippen LogP contribution < -0.4 is 5.32 Å². The number of phenols is 1. The van der Waals surface area contributed by atoms with Crippen LogP contribution in [0.2, 0.25) is 0 Å². The summed E-state index contributed by atoms with van der Waals surface area (Å²) in [7, 11) is 0. The Morgan fingerprint density at radius 2 is 2.00 bits per heavy atom. The number of anilines is 1. The molecule has 0 aliphatic heterocycles. The predicted molar refractivity (Wildman–Crippen MR) is 73.9 cm³/mol. The van der Waals surface area contributed by atoms with E-state index < -0.39 is 12.1 Å². The maximum Gasteiger partial charge on any atom is 0.411 e. The Balaban J connectivity index is 2.64. The van der Waals surface area contributed by atoms with Crippen molar-refractivity contribution in [3.05, 3.63) is 23.8 Å². The summed E-state index contributed by atoms with van der Waals surface area (Å²) >= 11 is 0. The van der Waals surface area contributed by atoms with Gasteiger partial charge in [0.2, 0.25) is 0 Å². The van der Waals surface area contributed by atoms with Gasteiger partial charge in [-0.15, -0.1) is 0 Å². The molecular weight excluding hydrogens is 262 g/mol. The van der Waals surface area contributed by atoms with E-state index in [2.05, 4.69) is 5.32 Å². The first-order valence-electron chi connectivity index (χ1n) is 6.52. The molecule has 0 fully saturated rings. The summed E-state index contributed by atoms with van der Waals surface area (Å²) in [6.45, 7) is 4.26. The van der Waals surface area contributed by atoms with Crippen LogP contribution in [0.15, 0.2) is 18.2 Å². The standard InChI is InChI=1S/C14H19NO5/c1-3-5-8-20-14(18)15-11-7-6-10(9-12(11)16)13(17)19-4-2/h6-7,9,16H,3-5,8H2,1-2H3,(H,15,18). The third-order valence-corrected chi connectivity index (χ3v) is 2.48. The molecule has 1 aromatic carbocycles. The number of aromatic hydroxyl groups is 1. The number of esters is 1. The van der Waals surface area contributed by atoms with Crippen molar-refractivity contribution in [2.75, 3.05) is 18.5 Å². The van der Waals surface area contributed by atoms with Crippen molar-refractivity contribution < 1.29 is 24.2 Å². The lowest BCUT2D eigenvalue weighted by atomic mass is 10.2. The number of rotatable bonds is 6. The SMILES string of the molecule is CCCCOC(=O)Nc1ccc(C(=O)OCC)cc1O. The molecular formula is C14H19NO5. The molecule has 0 saturated heterocycles. The van der Waals surface area contributed by atoms with Gasteiger partial charge >= 0.3 is 12.1 Å². The van der Waals surface area contributed by atoms with Crippen LogP contribution in [0.4, 0.5) is 10.5 Å². The topological polar surface area (TPSA) is 84.9 Å². The summed E-state index contributed by atoms with van der Waals surface area (Å²) in [4.78, 5) is 22.9. The molecule has 0 bridgehead atoms. The molecule has 2 N–H and O–H groups in total. The average molecular weight is 281 g/mol. The molecule has 0 aliphatic rings. The summed E-state index contributed by atoms with van der Waals surface area (Å²) < 4.78 is 9.71. The highest BCUT2D eigenvalue weighted by Gasteiger charge is 2.12. The third-order valence-electron chi connectivity index (χ3n) is 2.48. The van der Waals surface area contributed by atoms with Crippen molar-refractivity contribution in [1.82, 2.24) is 0 Å². The van der Waals surface area contributed by atoms with Gasteiger partial charge in [0.25, 0.3) is 0 Å². The molecule has 0 aliphatic carbocycles. The Bertz CT molecular complexity index is 473. The number of hydrogen-bond acceptors (Lipinski definition) is 5. The van der Waals surface area contributed by atoms with Crippen LogP contribution in [0.25, 0.3) is 0 Å². The number of benzene rings is 1. The fourth-order valence-electron chi connectivity index (χ4n) is 1.43. The first-order chi connectivity index (χ1) is 9.58. The largest absolute Gasteiger partial charge is 0.506 e. The second-order valence-corrected chi connectivity index (χ2v) is 4.07. The molecule has 0 unspecified atom stereocenters. The molecule has 0 atom stereocenters. The van der Waals surface area contributed by atoms with Crippen LogP contribution in [0.5, 0.6) is 5.75 Å². The Hall–Kier alpha value is -2.24. The van der Waals surface area contributed by atoms with Crippen LogP contribution in [0.1, 0.15) is 37.0 Å². The predicted octanol–water partition coefficient (Wildman–Crippen LogP) is 2.92. The maximum atomic E-state index is 11.5. The summed E-state index contributed by atoms with van der Waals surface area (Å²) in [6, 6.07) is 4.11. The molecule has 0 saturated carbocycles. The van der Waals surface area contributed by atoms with Gasteiger partial charge in [0.05, 0.1) is 24.5 Å². The molecule has 0 heterocycles. The Labute approximate surface area is 117 Å². The van der Waals surface area contributed by atoms with Crippen molar-refractivity contribution in [2.45, 2.75) is 26.7 Å². The van der Waals surface area contributed by atoms with E-state index in [-0.39, 0.29) is 23.6 Å². The number of phenolic OH excluding ortho intramolecular Hbond substituents is 1. The highest BCUT2D eigenvalue weighted by Crippen LogP contribution is 2.24. The van der Waals surface area contributed by atoms with Gasteiger partial charge in [0.1, 0.15) is 5.75 Å². The lowest BCUT2D eigenvalue weighted by Crippen LogP contribution is -2.14. The van der Waals surface area contributed by atoms with Gasteiger partial charge < -0.3 is 14.6 Å². The molecule has 20 heavy (non-hydrogen) atoms. The number of ether oxygens (including phenoxy) is 2. The van der Waals surface area contributed by atoms with Crippen LogP contribution in [-0.2, 0) is 9.47 Å². The molecule has 1 rings (SSSR count). The number of carbonyl (C=O) groups excluding carboxylic acids is 2. The van der Waals surface area contributed by atoms with Gasteiger partial charge in [-0.2, -0.15) is 0 Å². The first-order valence-corrected chi connectivity index (χ1v) is 6.52. The normalized spacial score (nSPS) is 9.90. The zero-order chi connectivity index (χ0) is 15.0. The highest BCUT2D eigenvalue weighted by atomic mass is 16.5. The Morgan fingerprint density at radius 1 is 1.25 bits per heavy atom. The molecule has 1 aromatic rings. The van der Waals surface area contributed by atoms with Gasteiger partial charge in [-0.25, -0.2) is 9.59 Å². The number of amides is 1. The van der Waals surface area contributed by atoms with Crippen molar-refractivity contribution >= 4 is 17.7 Å². The Morgan fingerprint density at radius 3 is 2.60 bits per heavy atom. The maximum absolute atomic E-state index is 11.5. The van der Waals surface area contributed by atoms with E-state index in [1.807, 2.05) is 6.92 Å². The van der Waals surface area contributed by atoms with E-state index in [0.29, 0.717) is 6.61 Å². The molecule has 6 heteroatoms. The minimum absolute atomic E-state index is 0.180. The lowest BCUT2D eigenvalue weighted by Gasteiger charge is -2.09. The van der Waals surface area contributed by atoms with Crippen molar-refractivity contribution in [1.29, 1.82) is 0 Å². The van der Waals surface area contributed by atoms with E-state index in [4.69, 9.17) is 9.47 Å². The second kappa shape index (κ2) is 8.04. The third kappa shape index (κ3) is 4.79. The molecule has 6 nitrogen and oxygen atoms in total. The fourth-order valence-corrected chi connectivity index (χ4v) is 1.43. The summed E-state index contributed by atoms with van der Waals surface area (Å²) in [5.74, 6) is -0.747. The van der Waals surface area contributed by atoms with Crippen molar-refractivity contribution in [2.24, 2.45) is 0 Å². The number of unbranched alkanes of at least 4 members (excludes halogenated alkanes) is 1. The highest BCUT2D eigenvalue weighted by molar-refractivity contribution is 5.92. The minimum Gasteiger partial charge on any atom is -0.506 e. The van der Waals surface area contributed by atoms with Gasteiger partial charge in [-0.05, 0) is 31.5 Å². The van der Waals surface area contributed by atoms with Gasteiger partial charge in [-0.1, -0.05) is 13.3 Å². The zero-order valence-corrected chi connectivity index (χ0v) is 11.6. The van der Waals surface area contributed by atoms with E-state index >= 15 is 0 Å². The first kappa shape index (κ1) is 15.8. The van der Waals surface area contributed by atoms with E-state index in [1.54, 1.807) is 6.92 Å². The summed E-state index contributed by atoms with van der Waals surface area (Å²) in [6.07, 6.45) is 1.06. The Kier molecular flexibility index (Phi) is 6.36. The van der Waals surface area contributed by atoms with Crippen LogP contribution in [0.3, 0.4) is 0 Å². The zero-order valence-electron chi connectivity index (χ0n) is 11.6.